The molecule has 1 saturated heterocycles. The van der Waals surface area contributed by atoms with Gasteiger partial charge in [-0.1, -0.05) is 30.3 Å². The lowest BCUT2D eigenvalue weighted by Gasteiger charge is -2.20. The van der Waals surface area contributed by atoms with Crippen molar-refractivity contribution in [2.75, 3.05) is 11.9 Å². The number of aromatic nitrogens is 1. The number of anilines is 1. The van der Waals surface area contributed by atoms with Crippen LogP contribution in [0, 0.1) is 5.82 Å². The van der Waals surface area contributed by atoms with Crippen molar-refractivity contribution in [1.29, 1.82) is 0 Å². The van der Waals surface area contributed by atoms with Crippen LogP contribution < -0.4 is 5.32 Å². The molecule has 1 aromatic carbocycles. The third-order valence-electron chi connectivity index (χ3n) is 3.28. The minimum atomic E-state index is -0.326. The van der Waals surface area contributed by atoms with Crippen LogP contribution in [-0.2, 0) is 4.74 Å². The molecule has 0 saturated carbocycles. The average molecular weight is 258 g/mol. The molecule has 4 heteroatoms. The molecule has 1 aliphatic heterocycles. The van der Waals surface area contributed by atoms with E-state index in [2.05, 4.69) is 22.4 Å². The van der Waals surface area contributed by atoms with Crippen LogP contribution in [-0.4, -0.2) is 17.6 Å². The van der Waals surface area contributed by atoms with Gasteiger partial charge in [-0.15, -0.1) is 0 Å². The molecule has 0 spiro atoms. The molecule has 0 bridgehead atoms. The van der Waals surface area contributed by atoms with Crippen LogP contribution in [0.3, 0.4) is 0 Å². The molecule has 98 valence electrons. The Kier molecular flexibility index (Phi) is 3.42. The second-order valence-electron chi connectivity index (χ2n) is 4.60. The maximum atomic E-state index is 12.8. The largest absolute Gasteiger partial charge is 0.371 e. The van der Waals surface area contributed by atoms with Gasteiger partial charge in [0.1, 0.15) is 17.7 Å². The summed E-state index contributed by atoms with van der Waals surface area (Å²) in [5.74, 6) is 0.352. The Morgan fingerprint density at radius 1 is 1.16 bits per heavy atom. The Hall–Kier alpha value is -1.94. The number of halogens is 1. The van der Waals surface area contributed by atoms with E-state index >= 15 is 0 Å². The van der Waals surface area contributed by atoms with Crippen LogP contribution >= 0.6 is 0 Å². The van der Waals surface area contributed by atoms with Gasteiger partial charge >= 0.3 is 0 Å². The van der Waals surface area contributed by atoms with Crippen molar-refractivity contribution in [3.05, 3.63) is 60.0 Å². The van der Waals surface area contributed by atoms with Gasteiger partial charge in [0, 0.05) is 6.61 Å². The standard InChI is InChI=1S/C15H15FN2O/c16-12-6-7-14(17-10-12)18-13-8-9-19-15(13)11-4-2-1-3-5-11/h1-7,10,13,15H,8-9H2,(H,17,18)/t13-,15-/m1/s1. The molecule has 1 N–H and O–H groups in total. The molecular weight excluding hydrogens is 243 g/mol. The Balaban J connectivity index is 1.75. The minimum Gasteiger partial charge on any atom is -0.371 e. The monoisotopic (exact) mass is 258 g/mol. The average Bonchev–Trinajstić information content (AvgIpc) is 2.90. The van der Waals surface area contributed by atoms with E-state index in [1.165, 1.54) is 12.3 Å². The second kappa shape index (κ2) is 5.36. The van der Waals surface area contributed by atoms with Crippen molar-refractivity contribution in [2.45, 2.75) is 18.6 Å². The van der Waals surface area contributed by atoms with Crippen LogP contribution in [0.4, 0.5) is 10.2 Å². The van der Waals surface area contributed by atoms with Gasteiger partial charge in [0.2, 0.25) is 0 Å². The van der Waals surface area contributed by atoms with Crippen molar-refractivity contribution in [3.8, 4) is 0 Å². The molecule has 3 nitrogen and oxygen atoms in total. The first kappa shape index (κ1) is 12.1. The third-order valence-corrected chi connectivity index (χ3v) is 3.28. The lowest BCUT2D eigenvalue weighted by Crippen LogP contribution is -2.23. The van der Waals surface area contributed by atoms with Gasteiger partial charge in [0.15, 0.2) is 0 Å². The van der Waals surface area contributed by atoms with E-state index in [0.29, 0.717) is 5.82 Å². The molecule has 2 atom stereocenters. The predicted octanol–water partition coefficient (Wildman–Crippen LogP) is 3.16. The third kappa shape index (κ3) is 2.74. The normalized spacial score (nSPS) is 22.4. The molecule has 2 aromatic rings. The van der Waals surface area contributed by atoms with E-state index in [9.17, 15) is 4.39 Å². The minimum absolute atomic E-state index is 0.0213. The van der Waals surface area contributed by atoms with E-state index in [1.54, 1.807) is 6.07 Å². The van der Waals surface area contributed by atoms with Crippen molar-refractivity contribution < 1.29 is 9.13 Å². The summed E-state index contributed by atoms with van der Waals surface area (Å²) in [5.41, 5.74) is 1.15. The smallest absolute Gasteiger partial charge is 0.141 e. The first-order chi connectivity index (χ1) is 9.33. The highest BCUT2D eigenvalue weighted by Crippen LogP contribution is 2.30. The fourth-order valence-corrected chi connectivity index (χ4v) is 2.36. The second-order valence-corrected chi connectivity index (χ2v) is 4.60. The number of benzene rings is 1. The van der Waals surface area contributed by atoms with E-state index < -0.39 is 0 Å². The highest BCUT2D eigenvalue weighted by Gasteiger charge is 2.29. The zero-order valence-electron chi connectivity index (χ0n) is 10.4. The van der Waals surface area contributed by atoms with Crippen molar-refractivity contribution >= 4 is 5.82 Å². The van der Waals surface area contributed by atoms with Gasteiger partial charge in [0.25, 0.3) is 0 Å². The summed E-state index contributed by atoms with van der Waals surface area (Å²) in [7, 11) is 0. The van der Waals surface area contributed by atoms with Crippen LogP contribution in [0.15, 0.2) is 48.7 Å². The van der Waals surface area contributed by atoms with Crippen LogP contribution in [0.1, 0.15) is 18.1 Å². The summed E-state index contributed by atoms with van der Waals surface area (Å²) < 4.78 is 18.6. The molecule has 0 unspecified atom stereocenters. The van der Waals surface area contributed by atoms with E-state index in [0.717, 1.165) is 18.6 Å². The number of ether oxygens (including phenoxy) is 1. The van der Waals surface area contributed by atoms with Crippen molar-refractivity contribution in [1.82, 2.24) is 4.98 Å². The van der Waals surface area contributed by atoms with Gasteiger partial charge < -0.3 is 10.1 Å². The zero-order valence-corrected chi connectivity index (χ0v) is 10.4. The molecule has 19 heavy (non-hydrogen) atoms. The van der Waals surface area contributed by atoms with Crippen LogP contribution in [0.2, 0.25) is 0 Å². The molecule has 1 aliphatic rings. The summed E-state index contributed by atoms with van der Waals surface area (Å²) >= 11 is 0. The first-order valence-corrected chi connectivity index (χ1v) is 6.37. The molecule has 0 radical (unpaired) electrons. The highest BCUT2D eigenvalue weighted by molar-refractivity contribution is 5.37. The predicted molar refractivity (Wildman–Crippen MR) is 71.4 cm³/mol. The summed E-state index contributed by atoms with van der Waals surface area (Å²) in [6, 6.07) is 13.3. The quantitative estimate of drug-likeness (QED) is 0.918. The zero-order chi connectivity index (χ0) is 13.1. The Morgan fingerprint density at radius 2 is 2.00 bits per heavy atom. The molecule has 2 heterocycles. The number of hydrogen-bond donors (Lipinski definition) is 1. The molecule has 0 amide bonds. The number of hydrogen-bond acceptors (Lipinski definition) is 3. The number of rotatable bonds is 3. The fourth-order valence-electron chi connectivity index (χ4n) is 2.36. The molecule has 1 fully saturated rings. The lowest BCUT2D eigenvalue weighted by atomic mass is 10.0. The van der Waals surface area contributed by atoms with E-state index in [4.69, 9.17) is 4.74 Å². The Labute approximate surface area is 111 Å². The van der Waals surface area contributed by atoms with Gasteiger partial charge in [0.05, 0.1) is 12.2 Å². The lowest BCUT2D eigenvalue weighted by molar-refractivity contribution is 0.107. The maximum Gasteiger partial charge on any atom is 0.141 e. The SMILES string of the molecule is Fc1ccc(N[C@@H]2CCO[C@@H]2c2ccccc2)nc1. The summed E-state index contributed by atoms with van der Waals surface area (Å²) in [5, 5.41) is 3.31. The fraction of sp³-hybridized carbons (Fsp3) is 0.267. The van der Waals surface area contributed by atoms with Crippen LogP contribution in [0.5, 0.6) is 0 Å². The molecule has 0 aliphatic carbocycles. The summed E-state index contributed by atoms with van der Waals surface area (Å²) in [6.07, 6.45) is 2.15. The summed E-state index contributed by atoms with van der Waals surface area (Å²) in [6.45, 7) is 0.721. The van der Waals surface area contributed by atoms with Gasteiger partial charge in [-0.2, -0.15) is 0 Å². The first-order valence-electron chi connectivity index (χ1n) is 6.37. The van der Waals surface area contributed by atoms with Crippen molar-refractivity contribution in [3.63, 3.8) is 0 Å². The Bertz CT molecular complexity index is 530. The molecular formula is C15H15FN2O. The molecule has 3 rings (SSSR count). The van der Waals surface area contributed by atoms with Crippen LogP contribution in [0.25, 0.3) is 0 Å². The number of nitrogens with zero attached hydrogens (tertiary/aromatic N) is 1. The molecule has 1 aromatic heterocycles. The summed E-state index contributed by atoms with van der Waals surface area (Å²) in [4.78, 5) is 4.03. The maximum absolute atomic E-state index is 12.8. The van der Waals surface area contributed by atoms with Gasteiger partial charge in [-0.25, -0.2) is 9.37 Å². The van der Waals surface area contributed by atoms with E-state index in [1.807, 2.05) is 18.2 Å². The number of pyridine rings is 1. The topological polar surface area (TPSA) is 34.1 Å². The van der Waals surface area contributed by atoms with E-state index in [-0.39, 0.29) is 18.0 Å². The van der Waals surface area contributed by atoms with Gasteiger partial charge in [-0.05, 0) is 24.1 Å². The Morgan fingerprint density at radius 3 is 2.74 bits per heavy atom. The van der Waals surface area contributed by atoms with Gasteiger partial charge in [-0.3, -0.25) is 0 Å². The van der Waals surface area contributed by atoms with Crippen molar-refractivity contribution in [2.24, 2.45) is 0 Å². The number of nitrogens with one attached hydrogen (secondary N) is 1. The highest BCUT2D eigenvalue weighted by atomic mass is 19.1.